The van der Waals surface area contributed by atoms with Gasteiger partial charge in [0, 0.05) is 12.0 Å². The Balaban J connectivity index is 4.68. The number of rotatable bonds is 7. The van der Waals surface area contributed by atoms with Gasteiger partial charge >= 0.3 is 11.9 Å². The predicted octanol–water partition coefficient (Wildman–Crippen LogP) is 2.22. The van der Waals surface area contributed by atoms with E-state index in [-0.39, 0.29) is 6.61 Å². The summed E-state index contributed by atoms with van der Waals surface area (Å²) in [6, 6.07) is 0. The lowest BCUT2D eigenvalue weighted by atomic mass is 9.96. The minimum absolute atomic E-state index is 0.213. The molecule has 0 spiro atoms. The topological polar surface area (TPSA) is 72.8 Å². The number of hydrogen-bond acceptors (Lipinski definition) is 5. The number of carbonyl (C=O) groups excluding carboxylic acids is 2. The van der Waals surface area contributed by atoms with Crippen molar-refractivity contribution in [1.82, 2.24) is 0 Å². The fraction of sp³-hybridized carbons (Fsp3) is 0.733. The van der Waals surface area contributed by atoms with E-state index < -0.39 is 29.6 Å². The molecule has 0 saturated carbocycles. The average molecular weight is 286 g/mol. The third kappa shape index (κ3) is 7.94. The van der Waals surface area contributed by atoms with Crippen molar-refractivity contribution in [3.05, 3.63) is 12.2 Å². The zero-order chi connectivity index (χ0) is 15.8. The predicted molar refractivity (Wildman–Crippen MR) is 76.0 cm³/mol. The van der Waals surface area contributed by atoms with Gasteiger partial charge in [-0.25, -0.2) is 9.59 Å². The van der Waals surface area contributed by atoms with E-state index in [9.17, 15) is 14.7 Å². The first-order valence-electron chi connectivity index (χ1n) is 6.97. The molecule has 1 N–H and O–H groups in total. The summed E-state index contributed by atoms with van der Waals surface area (Å²) in [6.07, 6.45) is 2.88. The van der Waals surface area contributed by atoms with Gasteiger partial charge in [0.05, 0.1) is 6.61 Å². The highest BCUT2D eigenvalue weighted by atomic mass is 16.6. The van der Waals surface area contributed by atoms with Crippen molar-refractivity contribution < 1.29 is 24.2 Å². The average Bonchev–Trinajstić information content (AvgIpc) is 2.31. The van der Waals surface area contributed by atoms with Crippen LogP contribution in [0, 0.1) is 5.92 Å². The largest absolute Gasteiger partial charge is 0.464 e. The van der Waals surface area contributed by atoms with Gasteiger partial charge in [-0.15, -0.1) is 0 Å². The first kappa shape index (κ1) is 18.6. The van der Waals surface area contributed by atoms with E-state index in [0.717, 1.165) is 6.42 Å². The molecule has 0 radical (unpaired) electrons. The van der Waals surface area contributed by atoms with Crippen molar-refractivity contribution in [3.63, 3.8) is 0 Å². The van der Waals surface area contributed by atoms with Gasteiger partial charge in [-0.05, 0) is 34.1 Å². The van der Waals surface area contributed by atoms with E-state index in [1.54, 1.807) is 27.7 Å². The van der Waals surface area contributed by atoms with Gasteiger partial charge in [0.1, 0.15) is 5.60 Å². The molecule has 0 aromatic rings. The lowest BCUT2D eigenvalue weighted by molar-refractivity contribution is -0.155. The minimum atomic E-state index is -1.26. The van der Waals surface area contributed by atoms with Crippen LogP contribution in [-0.4, -0.2) is 35.4 Å². The molecule has 0 saturated heterocycles. The van der Waals surface area contributed by atoms with Crippen molar-refractivity contribution in [2.45, 2.75) is 59.2 Å². The molecule has 0 unspecified atom stereocenters. The Kier molecular flexibility index (Phi) is 8.15. The maximum atomic E-state index is 11.6. The van der Waals surface area contributed by atoms with E-state index in [2.05, 4.69) is 0 Å². The molecular weight excluding hydrogens is 260 g/mol. The second-order valence-electron chi connectivity index (χ2n) is 5.54. The van der Waals surface area contributed by atoms with Crippen LogP contribution in [-0.2, 0) is 19.1 Å². The second kappa shape index (κ2) is 8.74. The molecule has 116 valence electrons. The molecule has 5 heteroatoms. The van der Waals surface area contributed by atoms with Crippen LogP contribution in [0.15, 0.2) is 12.2 Å². The lowest BCUT2D eigenvalue weighted by Crippen LogP contribution is -2.30. The Labute approximate surface area is 121 Å². The normalized spacial score (nSPS) is 14.9. The van der Waals surface area contributed by atoms with Crippen LogP contribution in [0.25, 0.3) is 0 Å². The summed E-state index contributed by atoms with van der Waals surface area (Å²) in [6.45, 7) is 9.15. The van der Waals surface area contributed by atoms with Crippen LogP contribution in [0.1, 0.15) is 47.5 Å². The van der Waals surface area contributed by atoms with Crippen molar-refractivity contribution in [2.24, 2.45) is 5.92 Å². The monoisotopic (exact) mass is 286 g/mol. The molecule has 0 aromatic heterocycles. The molecule has 0 bridgehead atoms. The lowest BCUT2D eigenvalue weighted by Gasteiger charge is -2.19. The summed E-state index contributed by atoms with van der Waals surface area (Å²) in [5, 5.41) is 9.91. The number of ether oxygens (including phenoxy) is 2. The van der Waals surface area contributed by atoms with Crippen LogP contribution < -0.4 is 0 Å². The van der Waals surface area contributed by atoms with Crippen LogP contribution in [0.5, 0.6) is 0 Å². The molecule has 0 rings (SSSR count). The number of hydrogen-bond donors (Lipinski definition) is 1. The second-order valence-corrected chi connectivity index (χ2v) is 5.54. The smallest absolute Gasteiger partial charge is 0.335 e. The summed E-state index contributed by atoms with van der Waals surface area (Å²) < 4.78 is 9.91. The van der Waals surface area contributed by atoms with Crippen LogP contribution in [0.2, 0.25) is 0 Å². The maximum Gasteiger partial charge on any atom is 0.335 e. The van der Waals surface area contributed by atoms with Crippen LogP contribution in [0.4, 0.5) is 0 Å². The van der Waals surface area contributed by atoms with Gasteiger partial charge in [0.15, 0.2) is 6.10 Å². The first-order valence-corrected chi connectivity index (χ1v) is 6.97. The molecule has 0 aliphatic carbocycles. The molecular formula is C15H26O5. The maximum absolute atomic E-state index is 11.6. The molecule has 0 fully saturated rings. The number of aliphatic hydroxyl groups is 1. The van der Waals surface area contributed by atoms with Crippen molar-refractivity contribution in [1.29, 1.82) is 0 Å². The van der Waals surface area contributed by atoms with Gasteiger partial charge < -0.3 is 14.6 Å². The molecule has 0 aliphatic heterocycles. The zero-order valence-corrected chi connectivity index (χ0v) is 13.0. The molecule has 2 atom stereocenters. The Morgan fingerprint density at radius 1 is 1.25 bits per heavy atom. The van der Waals surface area contributed by atoms with Gasteiger partial charge in [-0.1, -0.05) is 19.4 Å². The summed E-state index contributed by atoms with van der Waals surface area (Å²) in [7, 11) is 0. The van der Waals surface area contributed by atoms with E-state index in [4.69, 9.17) is 9.47 Å². The van der Waals surface area contributed by atoms with E-state index in [0.29, 0.717) is 6.42 Å². The Hall–Kier alpha value is -1.36. The summed E-state index contributed by atoms with van der Waals surface area (Å²) in [5.74, 6) is -1.61. The number of carbonyl (C=O) groups is 2. The Bertz CT molecular complexity index is 341. The van der Waals surface area contributed by atoms with Crippen LogP contribution in [0.3, 0.4) is 0 Å². The van der Waals surface area contributed by atoms with E-state index in [1.807, 2.05) is 6.92 Å². The van der Waals surface area contributed by atoms with Crippen LogP contribution >= 0.6 is 0 Å². The SMILES string of the molecule is CCC[C@H](/C=C/C(=O)OC(C)(C)C)[C@@H](O)C(=O)OCC. The Morgan fingerprint density at radius 2 is 1.85 bits per heavy atom. The fourth-order valence-corrected chi connectivity index (χ4v) is 1.63. The van der Waals surface area contributed by atoms with E-state index in [1.165, 1.54) is 12.2 Å². The summed E-state index contributed by atoms with van der Waals surface area (Å²) in [4.78, 5) is 23.1. The summed E-state index contributed by atoms with van der Waals surface area (Å²) in [5.41, 5.74) is -0.568. The third-order valence-corrected chi connectivity index (χ3v) is 2.44. The minimum Gasteiger partial charge on any atom is -0.464 e. The number of esters is 2. The van der Waals surface area contributed by atoms with Gasteiger partial charge in [-0.3, -0.25) is 0 Å². The number of aliphatic hydroxyl groups excluding tert-OH is 1. The highest BCUT2D eigenvalue weighted by molar-refractivity contribution is 5.82. The molecule has 0 amide bonds. The highest BCUT2D eigenvalue weighted by Gasteiger charge is 2.25. The van der Waals surface area contributed by atoms with Crippen molar-refractivity contribution in [2.75, 3.05) is 6.61 Å². The standard InChI is InChI=1S/C15H26O5/c1-6-8-11(13(17)14(18)19-7-2)9-10-12(16)20-15(3,4)5/h9-11,13,17H,6-8H2,1-5H3/b10-9+/t11-,13-/m1/s1. The van der Waals surface area contributed by atoms with Crippen molar-refractivity contribution >= 4 is 11.9 Å². The fourth-order valence-electron chi connectivity index (χ4n) is 1.63. The Morgan fingerprint density at radius 3 is 2.30 bits per heavy atom. The molecule has 0 aliphatic rings. The molecule has 20 heavy (non-hydrogen) atoms. The van der Waals surface area contributed by atoms with Gasteiger partial charge in [-0.2, -0.15) is 0 Å². The molecule has 0 aromatic carbocycles. The van der Waals surface area contributed by atoms with Gasteiger partial charge in [0.25, 0.3) is 0 Å². The van der Waals surface area contributed by atoms with Gasteiger partial charge in [0.2, 0.25) is 0 Å². The summed E-state index contributed by atoms with van der Waals surface area (Å²) >= 11 is 0. The molecule has 5 nitrogen and oxygen atoms in total. The zero-order valence-electron chi connectivity index (χ0n) is 13.0. The highest BCUT2D eigenvalue weighted by Crippen LogP contribution is 2.16. The third-order valence-electron chi connectivity index (χ3n) is 2.44. The molecule has 0 heterocycles. The first-order chi connectivity index (χ1) is 9.21. The van der Waals surface area contributed by atoms with E-state index >= 15 is 0 Å². The quantitative estimate of drug-likeness (QED) is 0.574. The van der Waals surface area contributed by atoms with Crippen molar-refractivity contribution in [3.8, 4) is 0 Å².